The fraction of sp³-hybridized carbons (Fsp3) is 0.353. The van der Waals surface area contributed by atoms with Crippen LogP contribution in [-0.2, 0) is 0 Å². The van der Waals surface area contributed by atoms with E-state index in [4.69, 9.17) is 10.00 Å². The maximum Gasteiger partial charge on any atom is 0.293 e. The molecule has 4 rings (SSSR count). The van der Waals surface area contributed by atoms with E-state index < -0.39 is 0 Å². The molecule has 3 aromatic rings. The van der Waals surface area contributed by atoms with Crippen molar-refractivity contribution in [1.29, 1.82) is 5.26 Å². The van der Waals surface area contributed by atoms with Crippen LogP contribution in [0.5, 0.6) is 5.88 Å². The standard InChI is InChI=1S/C17H16N8O2/c1-10-7-11(2)25-17(21-10)22-14(23-25)16(26)24-6-3-12(9-24)27-15-13(8-18)19-4-5-20-15/h4-5,7,12H,3,6,9H2,1-2H3/t12-/m0/s1. The SMILES string of the molecule is Cc1cc(C)n2nc(C(=O)N3CC[C@H](Oc4nccnc4C#N)C3)nc2n1. The lowest BCUT2D eigenvalue weighted by Crippen LogP contribution is -2.32. The lowest BCUT2D eigenvalue weighted by molar-refractivity contribution is 0.0759. The van der Waals surface area contributed by atoms with E-state index in [0.717, 1.165) is 11.4 Å². The van der Waals surface area contributed by atoms with Crippen molar-refractivity contribution in [3.63, 3.8) is 0 Å². The number of fused-ring (bicyclic) bond motifs is 1. The van der Waals surface area contributed by atoms with Crippen molar-refractivity contribution in [2.24, 2.45) is 0 Å². The number of carbonyl (C=O) groups excluding carboxylic acids is 1. The molecular formula is C17H16N8O2. The Morgan fingerprint density at radius 1 is 1.30 bits per heavy atom. The molecule has 0 N–H and O–H groups in total. The Bertz CT molecular complexity index is 1070. The second-order valence-corrected chi connectivity index (χ2v) is 6.29. The first-order valence-electron chi connectivity index (χ1n) is 8.43. The van der Waals surface area contributed by atoms with Crippen LogP contribution >= 0.6 is 0 Å². The number of aryl methyl sites for hydroxylation is 2. The predicted molar refractivity (Wildman–Crippen MR) is 91.9 cm³/mol. The van der Waals surface area contributed by atoms with Gasteiger partial charge in [-0.05, 0) is 19.9 Å². The van der Waals surface area contributed by atoms with E-state index in [1.54, 1.807) is 9.42 Å². The first kappa shape index (κ1) is 16.8. The van der Waals surface area contributed by atoms with Crippen molar-refractivity contribution < 1.29 is 9.53 Å². The highest BCUT2D eigenvalue weighted by molar-refractivity contribution is 5.91. The molecule has 4 heterocycles. The number of likely N-dealkylation sites (tertiary alicyclic amines) is 1. The number of ether oxygens (including phenoxy) is 1. The average molecular weight is 364 g/mol. The summed E-state index contributed by atoms with van der Waals surface area (Å²) in [5, 5.41) is 13.4. The number of rotatable bonds is 3. The molecule has 136 valence electrons. The number of hydrogen-bond acceptors (Lipinski definition) is 8. The highest BCUT2D eigenvalue weighted by Crippen LogP contribution is 2.19. The molecular weight excluding hydrogens is 348 g/mol. The molecule has 3 aromatic heterocycles. The molecule has 0 aromatic carbocycles. The van der Waals surface area contributed by atoms with Gasteiger partial charge in [-0.15, -0.1) is 5.10 Å². The largest absolute Gasteiger partial charge is 0.470 e. The van der Waals surface area contributed by atoms with Gasteiger partial charge in [0.25, 0.3) is 17.6 Å². The van der Waals surface area contributed by atoms with Crippen molar-refractivity contribution >= 4 is 11.7 Å². The Labute approximate surface area is 154 Å². The van der Waals surface area contributed by atoms with Gasteiger partial charge in [0, 0.05) is 36.7 Å². The minimum absolute atomic E-state index is 0.106. The van der Waals surface area contributed by atoms with Crippen LogP contribution in [-0.4, -0.2) is 59.6 Å². The molecule has 27 heavy (non-hydrogen) atoms. The minimum atomic E-state index is -0.275. The molecule has 0 unspecified atom stereocenters. The van der Waals surface area contributed by atoms with E-state index in [-0.39, 0.29) is 29.4 Å². The summed E-state index contributed by atoms with van der Waals surface area (Å²) in [7, 11) is 0. The number of nitrogens with zero attached hydrogens (tertiary/aromatic N) is 8. The highest BCUT2D eigenvalue weighted by atomic mass is 16.5. The van der Waals surface area contributed by atoms with E-state index in [1.165, 1.54) is 12.4 Å². The third kappa shape index (κ3) is 3.15. The molecule has 0 spiro atoms. The van der Waals surface area contributed by atoms with E-state index in [2.05, 4.69) is 25.0 Å². The van der Waals surface area contributed by atoms with Gasteiger partial charge in [0.2, 0.25) is 11.5 Å². The zero-order chi connectivity index (χ0) is 19.0. The summed E-state index contributed by atoms with van der Waals surface area (Å²) in [5.41, 5.74) is 1.80. The number of hydrogen-bond donors (Lipinski definition) is 0. The minimum Gasteiger partial charge on any atom is -0.470 e. The van der Waals surface area contributed by atoms with Crippen molar-refractivity contribution in [3.8, 4) is 11.9 Å². The summed E-state index contributed by atoms with van der Waals surface area (Å²) in [6, 6.07) is 3.82. The summed E-state index contributed by atoms with van der Waals surface area (Å²) in [4.78, 5) is 30.9. The highest BCUT2D eigenvalue weighted by Gasteiger charge is 2.31. The Hall–Kier alpha value is -3.61. The summed E-state index contributed by atoms with van der Waals surface area (Å²) < 4.78 is 7.32. The molecule has 1 amide bonds. The zero-order valence-electron chi connectivity index (χ0n) is 14.8. The van der Waals surface area contributed by atoms with Gasteiger partial charge in [-0.25, -0.2) is 19.5 Å². The lowest BCUT2D eigenvalue weighted by atomic mass is 10.3. The van der Waals surface area contributed by atoms with Gasteiger partial charge in [0.15, 0.2) is 0 Å². The van der Waals surface area contributed by atoms with E-state index in [0.29, 0.717) is 25.3 Å². The Balaban J connectivity index is 1.50. The second-order valence-electron chi connectivity index (χ2n) is 6.29. The van der Waals surface area contributed by atoms with Crippen LogP contribution in [0, 0.1) is 25.2 Å². The van der Waals surface area contributed by atoms with Crippen molar-refractivity contribution in [2.45, 2.75) is 26.4 Å². The van der Waals surface area contributed by atoms with E-state index in [1.807, 2.05) is 26.0 Å². The maximum absolute atomic E-state index is 12.8. The van der Waals surface area contributed by atoms with Crippen molar-refractivity contribution in [2.75, 3.05) is 13.1 Å². The first-order valence-corrected chi connectivity index (χ1v) is 8.43. The van der Waals surface area contributed by atoms with Gasteiger partial charge in [-0.2, -0.15) is 10.2 Å². The molecule has 0 radical (unpaired) electrons. The molecule has 10 heteroatoms. The van der Waals surface area contributed by atoms with Crippen LogP contribution in [0.3, 0.4) is 0 Å². The molecule has 1 fully saturated rings. The van der Waals surface area contributed by atoms with Crippen molar-refractivity contribution in [1.82, 2.24) is 34.4 Å². The van der Waals surface area contributed by atoms with Gasteiger partial charge in [-0.1, -0.05) is 0 Å². The average Bonchev–Trinajstić information content (AvgIpc) is 3.29. The summed E-state index contributed by atoms with van der Waals surface area (Å²) in [6.07, 6.45) is 3.25. The molecule has 10 nitrogen and oxygen atoms in total. The Kier molecular flexibility index (Phi) is 4.12. The summed E-state index contributed by atoms with van der Waals surface area (Å²) >= 11 is 0. The number of aromatic nitrogens is 6. The maximum atomic E-state index is 12.8. The van der Waals surface area contributed by atoms with Gasteiger partial charge >= 0.3 is 0 Å². The van der Waals surface area contributed by atoms with E-state index >= 15 is 0 Å². The Morgan fingerprint density at radius 3 is 2.93 bits per heavy atom. The van der Waals surface area contributed by atoms with Crippen LogP contribution in [0.25, 0.3) is 5.78 Å². The summed E-state index contributed by atoms with van der Waals surface area (Å²) in [6.45, 7) is 4.62. The number of amides is 1. The Morgan fingerprint density at radius 2 is 2.11 bits per heavy atom. The fourth-order valence-electron chi connectivity index (χ4n) is 3.05. The fourth-order valence-corrected chi connectivity index (χ4v) is 3.05. The topological polar surface area (TPSA) is 122 Å². The summed E-state index contributed by atoms with van der Waals surface area (Å²) in [5.74, 6) is 0.416. The van der Waals surface area contributed by atoms with Crippen LogP contribution in [0.2, 0.25) is 0 Å². The van der Waals surface area contributed by atoms with Gasteiger partial charge in [-0.3, -0.25) is 4.79 Å². The smallest absolute Gasteiger partial charge is 0.293 e. The van der Waals surface area contributed by atoms with Crippen LogP contribution in [0.1, 0.15) is 34.1 Å². The van der Waals surface area contributed by atoms with Crippen LogP contribution < -0.4 is 4.74 Å². The van der Waals surface area contributed by atoms with Crippen molar-refractivity contribution in [3.05, 3.63) is 41.4 Å². The van der Waals surface area contributed by atoms with Crippen LogP contribution in [0.15, 0.2) is 18.5 Å². The quantitative estimate of drug-likeness (QED) is 0.665. The lowest BCUT2D eigenvalue weighted by Gasteiger charge is -2.15. The third-order valence-electron chi connectivity index (χ3n) is 4.29. The zero-order valence-corrected chi connectivity index (χ0v) is 14.8. The monoisotopic (exact) mass is 364 g/mol. The number of carbonyl (C=O) groups is 1. The predicted octanol–water partition coefficient (Wildman–Crippen LogP) is 0.696. The van der Waals surface area contributed by atoms with Crippen LogP contribution in [0.4, 0.5) is 0 Å². The second kappa shape index (κ2) is 6.60. The first-order chi connectivity index (χ1) is 13.0. The normalized spacial score (nSPS) is 16.5. The molecule has 0 aliphatic carbocycles. The van der Waals surface area contributed by atoms with E-state index in [9.17, 15) is 4.79 Å². The number of nitriles is 1. The third-order valence-corrected chi connectivity index (χ3v) is 4.29. The van der Waals surface area contributed by atoms with Gasteiger partial charge in [0.1, 0.15) is 12.2 Å². The molecule has 1 atom stereocenters. The molecule has 1 aliphatic rings. The molecule has 1 aliphatic heterocycles. The molecule has 0 saturated carbocycles. The molecule has 1 saturated heterocycles. The van der Waals surface area contributed by atoms with Gasteiger partial charge < -0.3 is 9.64 Å². The van der Waals surface area contributed by atoms with Gasteiger partial charge in [0.05, 0.1) is 6.54 Å². The molecule has 0 bridgehead atoms.